The summed E-state index contributed by atoms with van der Waals surface area (Å²) >= 11 is 12.2. The highest BCUT2D eigenvalue weighted by atomic mass is 35.5. The molecule has 2 N–H and O–H groups in total. The number of carboxylic acid groups (broad SMARTS) is 1. The molecule has 1 saturated carbocycles. The number of hydrogen-bond donors (Lipinski definition) is 2. The Balaban J connectivity index is 2.12. The Labute approximate surface area is 132 Å². The SMILES string of the molecule is Cc1ccc(Cl)c(NC(=O)N(CCC(=O)O)C2CC2)c1Cl. The molecule has 1 aliphatic rings. The van der Waals surface area contributed by atoms with Crippen molar-refractivity contribution in [2.45, 2.75) is 32.2 Å². The molecule has 2 amide bonds. The fourth-order valence-corrected chi connectivity index (χ4v) is 2.47. The van der Waals surface area contributed by atoms with Gasteiger partial charge in [0.2, 0.25) is 0 Å². The Kier molecular flexibility index (Phi) is 4.96. The van der Waals surface area contributed by atoms with Crippen LogP contribution in [0.5, 0.6) is 0 Å². The lowest BCUT2D eigenvalue weighted by Crippen LogP contribution is -2.38. The van der Waals surface area contributed by atoms with Gasteiger partial charge in [0, 0.05) is 12.6 Å². The van der Waals surface area contributed by atoms with Crippen LogP contribution in [-0.4, -0.2) is 34.6 Å². The van der Waals surface area contributed by atoms with E-state index in [0.29, 0.717) is 15.7 Å². The number of nitrogens with one attached hydrogen (secondary N) is 1. The van der Waals surface area contributed by atoms with Crippen LogP contribution < -0.4 is 5.32 Å². The van der Waals surface area contributed by atoms with E-state index in [0.717, 1.165) is 18.4 Å². The smallest absolute Gasteiger partial charge is 0.322 e. The number of hydrogen-bond acceptors (Lipinski definition) is 2. The van der Waals surface area contributed by atoms with Gasteiger partial charge in [-0.05, 0) is 31.4 Å². The van der Waals surface area contributed by atoms with Crippen molar-refractivity contribution in [3.05, 3.63) is 27.7 Å². The van der Waals surface area contributed by atoms with E-state index < -0.39 is 5.97 Å². The highest BCUT2D eigenvalue weighted by Crippen LogP contribution is 2.34. The van der Waals surface area contributed by atoms with Crippen molar-refractivity contribution < 1.29 is 14.7 Å². The maximum Gasteiger partial charge on any atom is 0.322 e. The van der Waals surface area contributed by atoms with Crippen LogP contribution in [-0.2, 0) is 4.79 Å². The van der Waals surface area contributed by atoms with E-state index in [2.05, 4.69) is 5.32 Å². The topological polar surface area (TPSA) is 69.6 Å². The van der Waals surface area contributed by atoms with Crippen LogP contribution >= 0.6 is 23.2 Å². The zero-order valence-corrected chi connectivity index (χ0v) is 13.0. The predicted octanol–water partition coefficient (Wildman–Crippen LogP) is 3.77. The average molecular weight is 331 g/mol. The Hall–Kier alpha value is -1.46. The first kappa shape index (κ1) is 15.9. The summed E-state index contributed by atoms with van der Waals surface area (Å²) in [6.07, 6.45) is 1.70. The molecular weight excluding hydrogens is 315 g/mol. The molecule has 1 fully saturated rings. The van der Waals surface area contributed by atoms with E-state index in [1.807, 2.05) is 6.92 Å². The van der Waals surface area contributed by atoms with Gasteiger partial charge >= 0.3 is 12.0 Å². The number of halogens is 2. The van der Waals surface area contributed by atoms with E-state index in [4.69, 9.17) is 28.3 Å². The molecule has 0 atom stereocenters. The average Bonchev–Trinajstić information content (AvgIpc) is 3.24. The van der Waals surface area contributed by atoms with Crippen LogP contribution in [0.1, 0.15) is 24.8 Å². The van der Waals surface area contributed by atoms with Gasteiger partial charge in [-0.2, -0.15) is 0 Å². The van der Waals surface area contributed by atoms with Gasteiger partial charge in [0.05, 0.1) is 22.2 Å². The molecule has 0 heterocycles. The Morgan fingerprint density at radius 2 is 2.05 bits per heavy atom. The number of aliphatic carboxylic acids is 1. The summed E-state index contributed by atoms with van der Waals surface area (Å²) in [5, 5.41) is 12.2. The second-order valence-electron chi connectivity index (χ2n) is 5.05. The number of nitrogens with zero attached hydrogens (tertiary/aromatic N) is 1. The maximum atomic E-state index is 12.3. The van der Waals surface area contributed by atoms with E-state index in [1.54, 1.807) is 12.1 Å². The Bertz CT molecular complexity index is 574. The van der Waals surface area contributed by atoms with Crippen molar-refractivity contribution in [3.8, 4) is 0 Å². The van der Waals surface area contributed by atoms with Crippen molar-refractivity contribution in [2.24, 2.45) is 0 Å². The van der Waals surface area contributed by atoms with Crippen LogP contribution in [0.15, 0.2) is 12.1 Å². The van der Waals surface area contributed by atoms with Crippen LogP contribution in [0, 0.1) is 6.92 Å². The Morgan fingerprint density at radius 3 is 2.62 bits per heavy atom. The number of urea groups is 1. The molecule has 21 heavy (non-hydrogen) atoms. The second kappa shape index (κ2) is 6.54. The molecule has 2 rings (SSSR count). The van der Waals surface area contributed by atoms with Crippen molar-refractivity contribution in [3.63, 3.8) is 0 Å². The van der Waals surface area contributed by atoms with Gasteiger partial charge < -0.3 is 15.3 Å². The quantitative estimate of drug-likeness (QED) is 0.863. The number of benzene rings is 1. The number of rotatable bonds is 5. The molecule has 1 aromatic carbocycles. The van der Waals surface area contributed by atoms with Crippen molar-refractivity contribution in [1.29, 1.82) is 0 Å². The van der Waals surface area contributed by atoms with Gasteiger partial charge in [-0.1, -0.05) is 29.3 Å². The summed E-state index contributed by atoms with van der Waals surface area (Å²) in [7, 11) is 0. The summed E-state index contributed by atoms with van der Waals surface area (Å²) in [4.78, 5) is 24.5. The maximum absolute atomic E-state index is 12.3. The summed E-state index contributed by atoms with van der Waals surface area (Å²) in [6.45, 7) is 1.99. The van der Waals surface area contributed by atoms with Crippen LogP contribution in [0.2, 0.25) is 10.0 Å². The summed E-state index contributed by atoms with van der Waals surface area (Å²) in [5.41, 5.74) is 1.17. The standard InChI is InChI=1S/C14H16Cl2N2O3/c1-8-2-5-10(15)13(12(8)16)17-14(21)18(9-3-4-9)7-6-11(19)20/h2,5,9H,3-4,6-7H2,1H3,(H,17,21)(H,19,20). The van der Waals surface area contributed by atoms with Crippen LogP contribution in [0.4, 0.5) is 10.5 Å². The number of carboxylic acids is 1. The molecule has 114 valence electrons. The minimum Gasteiger partial charge on any atom is -0.481 e. The molecular formula is C14H16Cl2N2O3. The van der Waals surface area contributed by atoms with Crippen molar-refractivity contribution >= 4 is 40.9 Å². The zero-order chi connectivity index (χ0) is 15.6. The summed E-state index contributed by atoms with van der Waals surface area (Å²) < 4.78 is 0. The van der Waals surface area contributed by atoms with E-state index in [-0.39, 0.29) is 25.0 Å². The highest BCUT2D eigenvalue weighted by molar-refractivity contribution is 6.40. The lowest BCUT2D eigenvalue weighted by Gasteiger charge is -2.23. The molecule has 0 radical (unpaired) electrons. The number of anilines is 1. The molecule has 0 spiro atoms. The number of aryl methyl sites for hydroxylation is 1. The van der Waals surface area contributed by atoms with Crippen LogP contribution in [0.25, 0.3) is 0 Å². The largest absolute Gasteiger partial charge is 0.481 e. The zero-order valence-electron chi connectivity index (χ0n) is 11.5. The first-order valence-corrected chi connectivity index (χ1v) is 7.39. The molecule has 1 aromatic rings. The molecule has 1 aliphatic carbocycles. The van der Waals surface area contributed by atoms with Crippen molar-refractivity contribution in [1.82, 2.24) is 4.90 Å². The number of carbonyl (C=O) groups is 2. The lowest BCUT2D eigenvalue weighted by atomic mass is 10.2. The minimum atomic E-state index is -0.930. The van der Waals surface area contributed by atoms with E-state index in [1.165, 1.54) is 4.90 Å². The minimum absolute atomic E-state index is 0.0841. The van der Waals surface area contributed by atoms with Gasteiger partial charge in [-0.3, -0.25) is 4.79 Å². The molecule has 0 bridgehead atoms. The van der Waals surface area contributed by atoms with Crippen LogP contribution in [0.3, 0.4) is 0 Å². The van der Waals surface area contributed by atoms with Gasteiger partial charge in [-0.15, -0.1) is 0 Å². The van der Waals surface area contributed by atoms with Crippen molar-refractivity contribution in [2.75, 3.05) is 11.9 Å². The van der Waals surface area contributed by atoms with E-state index >= 15 is 0 Å². The second-order valence-corrected chi connectivity index (χ2v) is 5.84. The lowest BCUT2D eigenvalue weighted by molar-refractivity contribution is -0.137. The van der Waals surface area contributed by atoms with Gasteiger partial charge in [0.1, 0.15) is 0 Å². The normalized spacial score (nSPS) is 13.9. The summed E-state index contributed by atoms with van der Waals surface area (Å²) in [5.74, 6) is -0.930. The van der Waals surface area contributed by atoms with Gasteiger partial charge in [-0.25, -0.2) is 4.79 Å². The fourth-order valence-electron chi connectivity index (χ4n) is 2.00. The Morgan fingerprint density at radius 1 is 1.38 bits per heavy atom. The number of amides is 2. The van der Waals surface area contributed by atoms with Gasteiger partial charge in [0.15, 0.2) is 0 Å². The highest BCUT2D eigenvalue weighted by Gasteiger charge is 2.33. The van der Waals surface area contributed by atoms with Gasteiger partial charge in [0.25, 0.3) is 0 Å². The number of carbonyl (C=O) groups excluding carboxylic acids is 1. The predicted molar refractivity (Wildman–Crippen MR) is 82.2 cm³/mol. The first-order valence-electron chi connectivity index (χ1n) is 6.64. The van der Waals surface area contributed by atoms with E-state index in [9.17, 15) is 9.59 Å². The monoisotopic (exact) mass is 330 g/mol. The third-order valence-electron chi connectivity index (χ3n) is 3.33. The molecule has 0 saturated heterocycles. The molecule has 5 nitrogen and oxygen atoms in total. The fraction of sp³-hybridized carbons (Fsp3) is 0.429. The molecule has 0 aromatic heterocycles. The summed E-state index contributed by atoms with van der Waals surface area (Å²) in [6, 6.07) is 3.17. The third-order valence-corrected chi connectivity index (χ3v) is 4.13. The molecule has 0 aliphatic heterocycles. The first-order chi connectivity index (χ1) is 9.90. The third kappa shape index (κ3) is 4.02. The molecule has 7 heteroatoms. The molecule has 0 unspecified atom stereocenters.